The first-order valence-corrected chi connectivity index (χ1v) is 5.13. The van der Waals surface area contributed by atoms with Crippen molar-refractivity contribution < 1.29 is 8.80 Å². The van der Waals surface area contributed by atoms with E-state index in [2.05, 4.69) is 11.9 Å². The Kier molecular flexibility index (Phi) is 8.62. The molecule has 0 saturated carbocycles. The summed E-state index contributed by atoms with van der Waals surface area (Å²) in [6.45, 7) is 6.86. The van der Waals surface area contributed by atoms with Crippen molar-refractivity contribution in [1.29, 1.82) is 0 Å². The summed E-state index contributed by atoms with van der Waals surface area (Å²) in [5, 5.41) is 2.78. The van der Waals surface area contributed by atoms with Crippen LogP contribution in [0.4, 0.5) is 0 Å². The third-order valence-electron chi connectivity index (χ3n) is 1.79. The highest BCUT2D eigenvalue weighted by molar-refractivity contribution is 6.06. The standard InChI is InChI=1S/C10H19ClN2O.H3N/c1-9(2)10(14)12-7-5-6-8-13(3,4)11;/h1,5-8H2,2-4H3;1H3/p+1. The predicted octanol–water partition coefficient (Wildman–Crippen LogP) is 1.85. The third kappa shape index (κ3) is 11.3. The van der Waals surface area contributed by atoms with Crippen LogP contribution < -0.4 is 11.5 Å². The molecule has 1 amide bonds. The molecule has 0 aromatic rings. The minimum absolute atomic E-state index is 0. The van der Waals surface area contributed by atoms with E-state index < -0.39 is 0 Å². The van der Waals surface area contributed by atoms with Crippen molar-refractivity contribution in [2.24, 2.45) is 0 Å². The van der Waals surface area contributed by atoms with E-state index in [1.54, 1.807) is 6.92 Å². The number of hydrogen-bond donors (Lipinski definition) is 2. The number of carbonyl (C=O) groups is 1. The molecule has 4 N–H and O–H groups in total. The Morgan fingerprint density at radius 1 is 1.40 bits per heavy atom. The molecule has 0 spiro atoms. The Morgan fingerprint density at radius 2 is 1.93 bits per heavy atom. The Hall–Kier alpha value is -0.580. The van der Waals surface area contributed by atoms with Crippen LogP contribution in [-0.4, -0.2) is 37.1 Å². The highest BCUT2D eigenvalue weighted by atomic mass is 35.5. The van der Waals surface area contributed by atoms with E-state index in [0.717, 1.165) is 19.4 Å². The average Bonchev–Trinajstić information content (AvgIpc) is 2.01. The maximum Gasteiger partial charge on any atom is 0.246 e. The second kappa shape index (κ2) is 7.68. The quantitative estimate of drug-likeness (QED) is 0.420. The van der Waals surface area contributed by atoms with Gasteiger partial charge in [0.2, 0.25) is 5.91 Å². The van der Waals surface area contributed by atoms with Crippen LogP contribution in [0, 0.1) is 0 Å². The lowest BCUT2D eigenvalue weighted by Crippen LogP contribution is -2.30. The van der Waals surface area contributed by atoms with Crippen molar-refractivity contribution >= 4 is 17.7 Å². The van der Waals surface area contributed by atoms with Crippen LogP contribution in [0.25, 0.3) is 0 Å². The lowest BCUT2D eigenvalue weighted by atomic mass is 10.3. The smallest absolute Gasteiger partial charge is 0.246 e. The van der Waals surface area contributed by atoms with Gasteiger partial charge in [-0.3, -0.25) is 4.79 Å². The van der Waals surface area contributed by atoms with E-state index in [9.17, 15) is 4.79 Å². The molecule has 0 radical (unpaired) electrons. The number of halogens is 1. The van der Waals surface area contributed by atoms with E-state index in [-0.39, 0.29) is 12.1 Å². The Labute approximate surface area is 97.6 Å². The van der Waals surface area contributed by atoms with E-state index in [1.807, 2.05) is 14.1 Å². The van der Waals surface area contributed by atoms with Crippen LogP contribution in [0.2, 0.25) is 0 Å². The number of rotatable bonds is 6. The van der Waals surface area contributed by atoms with Gasteiger partial charge in [-0.2, -0.15) is 0 Å². The summed E-state index contributed by atoms with van der Waals surface area (Å²) in [5.74, 6) is -0.0652. The van der Waals surface area contributed by atoms with Crippen molar-refractivity contribution in [3.63, 3.8) is 0 Å². The van der Waals surface area contributed by atoms with Crippen molar-refractivity contribution in [2.75, 3.05) is 27.2 Å². The first-order valence-electron chi connectivity index (χ1n) is 4.79. The zero-order chi connectivity index (χ0) is 11.2. The largest absolute Gasteiger partial charge is 0.352 e. The van der Waals surface area contributed by atoms with Crippen LogP contribution in [0.1, 0.15) is 19.8 Å². The number of carbonyl (C=O) groups excluding carboxylic acids is 1. The summed E-state index contributed by atoms with van der Waals surface area (Å²) < 4.78 is 0.453. The highest BCUT2D eigenvalue weighted by Gasteiger charge is 2.09. The topological polar surface area (TPSA) is 64.1 Å². The predicted molar refractivity (Wildman–Crippen MR) is 64.9 cm³/mol. The minimum Gasteiger partial charge on any atom is -0.352 e. The monoisotopic (exact) mass is 236 g/mol. The zero-order valence-electron chi connectivity index (χ0n) is 9.98. The maximum absolute atomic E-state index is 11.1. The van der Waals surface area contributed by atoms with Crippen molar-refractivity contribution in [3.05, 3.63) is 12.2 Å². The molecule has 0 aliphatic carbocycles. The molecule has 4 nitrogen and oxygen atoms in total. The van der Waals surface area contributed by atoms with E-state index in [1.165, 1.54) is 0 Å². The van der Waals surface area contributed by atoms with Crippen LogP contribution in [-0.2, 0) is 4.79 Å². The van der Waals surface area contributed by atoms with Gasteiger partial charge in [0.15, 0.2) is 11.8 Å². The van der Waals surface area contributed by atoms with Gasteiger partial charge >= 0.3 is 0 Å². The molecule has 90 valence electrons. The Balaban J connectivity index is 0. The number of quaternary nitrogens is 1. The van der Waals surface area contributed by atoms with Crippen LogP contribution in [0.3, 0.4) is 0 Å². The first kappa shape index (κ1) is 16.8. The zero-order valence-corrected chi connectivity index (χ0v) is 10.7. The van der Waals surface area contributed by atoms with Gasteiger partial charge in [-0.15, -0.1) is 0 Å². The summed E-state index contributed by atoms with van der Waals surface area (Å²) in [6, 6.07) is 0. The van der Waals surface area contributed by atoms with Crippen LogP contribution in [0.5, 0.6) is 0 Å². The SMILES string of the molecule is C=C(C)C(=O)NCCCC[N+](C)(C)Cl.N. The lowest BCUT2D eigenvalue weighted by Gasteiger charge is -2.17. The molecule has 0 heterocycles. The molecule has 0 unspecified atom stereocenters. The first-order chi connectivity index (χ1) is 6.33. The molecule has 0 atom stereocenters. The number of nitrogens with one attached hydrogen (secondary N) is 1. The third-order valence-corrected chi connectivity index (χ3v) is 1.96. The molecule has 0 aromatic carbocycles. The van der Waals surface area contributed by atoms with Crippen molar-refractivity contribution in [1.82, 2.24) is 11.5 Å². The maximum atomic E-state index is 11.1. The van der Waals surface area contributed by atoms with Crippen LogP contribution >= 0.6 is 11.8 Å². The normalized spacial score (nSPS) is 10.4. The molecule has 0 rings (SSSR count). The molecule has 0 fully saturated rings. The van der Waals surface area contributed by atoms with Crippen LogP contribution in [0.15, 0.2) is 12.2 Å². The van der Waals surface area contributed by atoms with Gasteiger partial charge in [0.1, 0.15) is 0 Å². The van der Waals surface area contributed by atoms with Gasteiger partial charge in [0.05, 0.1) is 20.6 Å². The molecule has 0 aliphatic rings. The summed E-state index contributed by atoms with van der Waals surface area (Å²) in [4.78, 5) is 11.1. The van der Waals surface area contributed by atoms with Gasteiger partial charge < -0.3 is 11.5 Å². The number of hydrogen-bond acceptors (Lipinski definition) is 2. The summed E-state index contributed by atoms with van der Waals surface area (Å²) >= 11 is 5.96. The summed E-state index contributed by atoms with van der Waals surface area (Å²) in [6.07, 6.45) is 1.96. The average molecular weight is 237 g/mol. The molecule has 0 aliphatic heterocycles. The lowest BCUT2D eigenvalue weighted by molar-refractivity contribution is -0.771. The molecule has 5 heteroatoms. The van der Waals surface area contributed by atoms with Gasteiger partial charge in [0.25, 0.3) is 0 Å². The second-order valence-corrected chi connectivity index (χ2v) is 4.92. The van der Waals surface area contributed by atoms with E-state index >= 15 is 0 Å². The molecule has 15 heavy (non-hydrogen) atoms. The van der Waals surface area contributed by atoms with Gasteiger partial charge in [0, 0.05) is 12.1 Å². The fourth-order valence-corrected chi connectivity index (χ4v) is 1.09. The Morgan fingerprint density at radius 3 is 2.33 bits per heavy atom. The van der Waals surface area contributed by atoms with Crippen molar-refractivity contribution in [3.8, 4) is 0 Å². The summed E-state index contributed by atoms with van der Waals surface area (Å²) in [7, 11) is 3.88. The van der Waals surface area contributed by atoms with E-state index in [4.69, 9.17) is 11.8 Å². The highest BCUT2D eigenvalue weighted by Crippen LogP contribution is 2.04. The van der Waals surface area contributed by atoms with Gasteiger partial charge in [-0.1, -0.05) is 6.58 Å². The van der Waals surface area contributed by atoms with E-state index in [0.29, 0.717) is 16.1 Å². The molecular weight excluding hydrogens is 214 g/mol. The number of nitrogens with zero attached hydrogens (tertiary/aromatic N) is 1. The molecule has 0 aromatic heterocycles. The Bertz CT molecular complexity index is 211. The molecule has 0 bridgehead atoms. The summed E-state index contributed by atoms with van der Waals surface area (Å²) in [5.41, 5.74) is 0.554. The van der Waals surface area contributed by atoms with Crippen molar-refractivity contribution in [2.45, 2.75) is 19.8 Å². The number of unbranched alkanes of at least 4 members (excludes halogenated alkanes) is 1. The van der Waals surface area contributed by atoms with Gasteiger partial charge in [-0.25, -0.2) is 4.00 Å². The minimum atomic E-state index is -0.0652. The van der Waals surface area contributed by atoms with Gasteiger partial charge in [-0.05, 0) is 19.8 Å². The molecule has 0 saturated heterocycles. The second-order valence-electron chi connectivity index (χ2n) is 4.00. The molecular formula is C10H23ClN3O+. The fraction of sp³-hybridized carbons (Fsp3) is 0.700. The fourth-order valence-electron chi connectivity index (χ4n) is 0.966. The number of amides is 1.